The monoisotopic (exact) mass is 446 g/mol. The van der Waals surface area contributed by atoms with Gasteiger partial charge in [0, 0.05) is 16.0 Å². The number of aromatic nitrogens is 2. The molecule has 0 fully saturated rings. The molecule has 156 valence electrons. The van der Waals surface area contributed by atoms with Gasteiger partial charge in [0.15, 0.2) is 0 Å². The van der Waals surface area contributed by atoms with Crippen LogP contribution in [0.15, 0.2) is 53.8 Å². The standard InChI is InChI=1S/C16H12ClF3N4O2S.C2H6/c1-10(21-24-9-11-4-2-3-5-14(11)22-24)13-8-12(17)6-7-15(13)23-27(25,26)16(18,19)20;1-2/h2-9,23H,1H3;1-2H3/b21-10+;. The number of halogens is 4. The Morgan fingerprint density at radius 3 is 2.45 bits per heavy atom. The maximum atomic E-state index is 12.7. The first-order chi connectivity index (χ1) is 13.6. The average molecular weight is 447 g/mol. The van der Waals surface area contributed by atoms with Gasteiger partial charge in [0.25, 0.3) is 0 Å². The van der Waals surface area contributed by atoms with Gasteiger partial charge >= 0.3 is 15.5 Å². The Bertz CT molecular complexity index is 1110. The number of benzene rings is 2. The summed E-state index contributed by atoms with van der Waals surface area (Å²) in [6.07, 6.45) is 1.63. The molecule has 1 aromatic heterocycles. The van der Waals surface area contributed by atoms with Gasteiger partial charge in [-0.2, -0.15) is 36.6 Å². The van der Waals surface area contributed by atoms with Gasteiger partial charge in [0.2, 0.25) is 0 Å². The molecule has 0 saturated carbocycles. The van der Waals surface area contributed by atoms with Crippen molar-refractivity contribution in [2.75, 3.05) is 4.72 Å². The highest BCUT2D eigenvalue weighted by Gasteiger charge is 2.46. The van der Waals surface area contributed by atoms with Crippen LogP contribution in [0.5, 0.6) is 0 Å². The molecule has 0 aliphatic rings. The molecule has 0 bridgehead atoms. The molecule has 0 amide bonds. The molecule has 0 spiro atoms. The van der Waals surface area contributed by atoms with Crippen molar-refractivity contribution in [3.63, 3.8) is 0 Å². The van der Waals surface area contributed by atoms with Gasteiger partial charge in [-0.15, -0.1) is 0 Å². The molecule has 0 aliphatic carbocycles. The second-order valence-corrected chi connectivity index (χ2v) is 7.65. The minimum atomic E-state index is -5.58. The average Bonchev–Trinajstić information content (AvgIpc) is 3.06. The molecule has 29 heavy (non-hydrogen) atoms. The molecule has 1 N–H and O–H groups in total. The Kier molecular flexibility index (Phi) is 6.91. The highest BCUT2D eigenvalue weighted by Crippen LogP contribution is 2.29. The summed E-state index contributed by atoms with van der Waals surface area (Å²) < 4.78 is 62.4. The first-order valence-corrected chi connectivity index (χ1v) is 10.3. The van der Waals surface area contributed by atoms with Gasteiger partial charge < -0.3 is 0 Å². The van der Waals surface area contributed by atoms with E-state index in [1.54, 1.807) is 18.3 Å². The van der Waals surface area contributed by atoms with E-state index in [0.29, 0.717) is 5.52 Å². The van der Waals surface area contributed by atoms with Gasteiger partial charge in [-0.1, -0.05) is 43.6 Å². The van der Waals surface area contributed by atoms with E-state index in [1.165, 1.54) is 28.6 Å². The molecule has 0 aliphatic heterocycles. The highest BCUT2D eigenvalue weighted by atomic mass is 35.5. The zero-order valence-corrected chi connectivity index (χ0v) is 17.3. The lowest BCUT2D eigenvalue weighted by molar-refractivity contribution is -0.0429. The minimum Gasteiger partial charge on any atom is -0.275 e. The predicted molar refractivity (Wildman–Crippen MR) is 109 cm³/mol. The molecular formula is C18H18ClF3N4O2S. The van der Waals surface area contributed by atoms with E-state index in [2.05, 4.69) is 10.2 Å². The van der Waals surface area contributed by atoms with Crippen LogP contribution >= 0.6 is 11.6 Å². The third-order valence-electron chi connectivity index (χ3n) is 3.57. The minimum absolute atomic E-state index is 0.0925. The summed E-state index contributed by atoms with van der Waals surface area (Å²) in [7, 11) is -5.58. The maximum absolute atomic E-state index is 12.7. The van der Waals surface area contributed by atoms with Gasteiger partial charge in [0.05, 0.1) is 23.1 Å². The number of rotatable bonds is 4. The van der Waals surface area contributed by atoms with Crippen LogP contribution in [-0.2, 0) is 10.0 Å². The summed E-state index contributed by atoms with van der Waals surface area (Å²) in [6.45, 7) is 5.50. The summed E-state index contributed by atoms with van der Waals surface area (Å²) in [5.41, 5.74) is -4.76. The van der Waals surface area contributed by atoms with Crippen LogP contribution in [0.2, 0.25) is 5.02 Å². The normalized spacial score (nSPS) is 12.4. The predicted octanol–water partition coefficient (Wildman–Crippen LogP) is 5.25. The molecule has 2 aromatic carbocycles. The van der Waals surface area contributed by atoms with E-state index < -0.39 is 15.5 Å². The van der Waals surface area contributed by atoms with Crippen molar-refractivity contribution in [3.05, 3.63) is 59.2 Å². The Balaban J connectivity index is 0.00000145. The third kappa shape index (κ3) is 5.27. The van der Waals surface area contributed by atoms with Crippen LogP contribution < -0.4 is 4.72 Å². The SMILES string of the molecule is C/C(=N\n1cc2ccccc2n1)c1cc(Cl)ccc1NS(=O)(=O)C(F)(F)F.CC. The van der Waals surface area contributed by atoms with Gasteiger partial charge in [0.1, 0.15) is 0 Å². The number of nitrogens with zero attached hydrogens (tertiary/aromatic N) is 3. The van der Waals surface area contributed by atoms with E-state index in [9.17, 15) is 21.6 Å². The van der Waals surface area contributed by atoms with Crippen molar-refractivity contribution >= 4 is 43.9 Å². The molecule has 11 heteroatoms. The van der Waals surface area contributed by atoms with Gasteiger partial charge in [-0.25, -0.2) is 0 Å². The van der Waals surface area contributed by atoms with Crippen molar-refractivity contribution in [2.45, 2.75) is 26.3 Å². The molecule has 0 atom stereocenters. The Morgan fingerprint density at radius 1 is 1.17 bits per heavy atom. The quantitative estimate of drug-likeness (QED) is 0.556. The largest absolute Gasteiger partial charge is 0.516 e. The van der Waals surface area contributed by atoms with Crippen LogP contribution in [0.3, 0.4) is 0 Å². The molecular weight excluding hydrogens is 429 g/mol. The number of fused-ring (bicyclic) bond motifs is 1. The zero-order valence-electron chi connectivity index (χ0n) is 15.7. The lowest BCUT2D eigenvalue weighted by atomic mass is 10.1. The molecule has 6 nitrogen and oxygen atoms in total. The Morgan fingerprint density at radius 2 is 1.83 bits per heavy atom. The third-order valence-corrected chi connectivity index (χ3v) is 4.91. The van der Waals surface area contributed by atoms with E-state index in [4.69, 9.17) is 11.6 Å². The summed E-state index contributed by atoms with van der Waals surface area (Å²) in [6, 6.07) is 11.0. The lowest BCUT2D eigenvalue weighted by Crippen LogP contribution is -2.30. The topological polar surface area (TPSA) is 76.3 Å². The van der Waals surface area contributed by atoms with Crippen LogP contribution in [0.25, 0.3) is 10.9 Å². The van der Waals surface area contributed by atoms with E-state index in [0.717, 1.165) is 11.5 Å². The first-order valence-electron chi connectivity index (χ1n) is 8.46. The van der Waals surface area contributed by atoms with Crippen molar-refractivity contribution < 1.29 is 21.6 Å². The number of hydrogen-bond donors (Lipinski definition) is 1. The Hall–Kier alpha value is -2.59. The van der Waals surface area contributed by atoms with Crippen molar-refractivity contribution in [2.24, 2.45) is 5.10 Å². The molecule has 0 radical (unpaired) electrons. The summed E-state index contributed by atoms with van der Waals surface area (Å²) >= 11 is 5.91. The van der Waals surface area contributed by atoms with Crippen LogP contribution in [0.1, 0.15) is 26.3 Å². The fourth-order valence-corrected chi connectivity index (χ4v) is 3.07. The summed E-state index contributed by atoms with van der Waals surface area (Å²) in [5.74, 6) is 0. The van der Waals surface area contributed by atoms with Crippen LogP contribution in [-0.4, -0.2) is 29.5 Å². The van der Waals surface area contributed by atoms with Crippen LogP contribution in [0.4, 0.5) is 18.9 Å². The fourth-order valence-electron chi connectivity index (χ4n) is 2.32. The smallest absolute Gasteiger partial charge is 0.275 e. The van der Waals surface area contributed by atoms with Crippen molar-refractivity contribution in [3.8, 4) is 0 Å². The molecule has 1 heterocycles. The second kappa shape index (κ2) is 8.83. The molecule has 3 aromatic rings. The number of alkyl halides is 3. The van der Waals surface area contributed by atoms with Gasteiger partial charge in [-0.3, -0.25) is 4.72 Å². The number of nitrogens with one attached hydrogen (secondary N) is 1. The maximum Gasteiger partial charge on any atom is 0.516 e. The van der Waals surface area contributed by atoms with E-state index >= 15 is 0 Å². The number of hydrogen-bond acceptors (Lipinski definition) is 4. The fraction of sp³-hybridized carbons (Fsp3) is 0.222. The molecule has 0 saturated heterocycles. The lowest BCUT2D eigenvalue weighted by Gasteiger charge is -2.14. The Labute approximate surface area is 171 Å². The molecule has 3 rings (SSSR count). The highest BCUT2D eigenvalue weighted by molar-refractivity contribution is 7.93. The summed E-state index contributed by atoms with van der Waals surface area (Å²) in [4.78, 5) is 1.25. The number of anilines is 1. The van der Waals surface area contributed by atoms with E-state index in [-0.39, 0.29) is 22.0 Å². The van der Waals surface area contributed by atoms with Crippen molar-refractivity contribution in [1.82, 2.24) is 9.89 Å². The zero-order chi connectivity index (χ0) is 21.8. The van der Waals surface area contributed by atoms with Crippen molar-refractivity contribution in [1.29, 1.82) is 0 Å². The molecule has 0 unspecified atom stereocenters. The first kappa shape index (κ1) is 22.7. The van der Waals surface area contributed by atoms with E-state index in [1.807, 2.05) is 26.0 Å². The second-order valence-electron chi connectivity index (χ2n) is 5.53. The van der Waals surface area contributed by atoms with Crippen LogP contribution in [0, 0.1) is 0 Å². The summed E-state index contributed by atoms with van der Waals surface area (Å²) in [5, 5.41) is 9.46. The van der Waals surface area contributed by atoms with Gasteiger partial charge in [-0.05, 0) is 31.2 Å². The number of sulfonamides is 1.